The van der Waals surface area contributed by atoms with Crippen molar-refractivity contribution in [2.75, 3.05) is 6.54 Å². The van der Waals surface area contributed by atoms with Gasteiger partial charge in [0.25, 0.3) is 0 Å². The topological polar surface area (TPSA) is 32.3 Å². The molecule has 0 heterocycles. The predicted octanol–water partition coefficient (Wildman–Crippen LogP) is 4.12. The van der Waals surface area contributed by atoms with Crippen LogP contribution >= 0.6 is 0 Å². The molecule has 2 nitrogen and oxygen atoms in total. The van der Waals surface area contributed by atoms with Crippen LogP contribution in [0.4, 0.5) is 0 Å². The lowest BCUT2D eigenvalue weighted by atomic mass is 9.78. The van der Waals surface area contributed by atoms with E-state index in [1.54, 1.807) is 0 Å². The number of nitrogens with one attached hydrogen (secondary N) is 1. The summed E-state index contributed by atoms with van der Waals surface area (Å²) in [6.07, 6.45) is 11.3. The van der Waals surface area contributed by atoms with Crippen molar-refractivity contribution in [3.63, 3.8) is 0 Å². The second-order valence-electron chi connectivity index (χ2n) is 8.17. The molecule has 0 saturated heterocycles. The molecule has 2 aliphatic rings. The van der Waals surface area contributed by atoms with E-state index < -0.39 is 5.60 Å². The fourth-order valence-electron chi connectivity index (χ4n) is 4.48. The molecule has 2 N–H and O–H groups in total. The highest BCUT2D eigenvalue weighted by molar-refractivity contribution is 4.89. The summed E-state index contributed by atoms with van der Waals surface area (Å²) in [6, 6.07) is 0.647. The van der Waals surface area contributed by atoms with Gasteiger partial charge in [-0.25, -0.2) is 0 Å². The Labute approximate surface area is 125 Å². The van der Waals surface area contributed by atoms with Crippen molar-refractivity contribution in [1.29, 1.82) is 0 Å². The summed E-state index contributed by atoms with van der Waals surface area (Å²) in [4.78, 5) is 0. The molecule has 0 amide bonds. The molecule has 0 aromatic heterocycles. The Morgan fingerprint density at radius 3 is 2.70 bits per heavy atom. The van der Waals surface area contributed by atoms with E-state index in [2.05, 4.69) is 26.1 Å². The molecule has 2 heteroatoms. The molecular weight excluding hydrogens is 246 g/mol. The van der Waals surface area contributed by atoms with E-state index in [9.17, 15) is 5.11 Å². The van der Waals surface area contributed by atoms with Gasteiger partial charge in [-0.1, -0.05) is 46.5 Å². The quantitative estimate of drug-likeness (QED) is 0.794. The molecular formula is C18H35NO. The summed E-state index contributed by atoms with van der Waals surface area (Å²) < 4.78 is 0. The molecule has 2 rings (SSSR count). The van der Waals surface area contributed by atoms with E-state index in [0.29, 0.717) is 12.0 Å². The van der Waals surface area contributed by atoms with E-state index in [4.69, 9.17) is 0 Å². The lowest BCUT2D eigenvalue weighted by Gasteiger charge is -2.38. The van der Waals surface area contributed by atoms with Crippen LogP contribution in [0.2, 0.25) is 0 Å². The summed E-state index contributed by atoms with van der Waals surface area (Å²) in [5, 5.41) is 14.4. The Bertz CT molecular complexity index is 291. The summed E-state index contributed by atoms with van der Waals surface area (Å²) >= 11 is 0. The summed E-state index contributed by atoms with van der Waals surface area (Å²) in [5.74, 6) is 2.42. The van der Waals surface area contributed by atoms with Crippen LogP contribution in [0.5, 0.6) is 0 Å². The Hall–Kier alpha value is -0.0800. The molecule has 0 bridgehead atoms. The molecule has 2 aliphatic carbocycles. The van der Waals surface area contributed by atoms with E-state index >= 15 is 0 Å². The smallest absolute Gasteiger partial charge is 0.0774 e. The average Bonchev–Trinajstić information content (AvgIpc) is 2.36. The van der Waals surface area contributed by atoms with Crippen LogP contribution in [0.3, 0.4) is 0 Å². The molecule has 4 unspecified atom stereocenters. The van der Waals surface area contributed by atoms with Crippen LogP contribution in [0.1, 0.15) is 78.6 Å². The van der Waals surface area contributed by atoms with E-state index in [1.807, 2.05) is 0 Å². The standard InChI is InChI=1S/C18H35NO/c1-14(2)10-16-7-4-8-17(11-16)19-13-18(20)9-5-6-15(3)12-18/h14-17,19-20H,4-13H2,1-3H3. The van der Waals surface area contributed by atoms with Crippen molar-refractivity contribution in [3.05, 3.63) is 0 Å². The van der Waals surface area contributed by atoms with Crippen molar-refractivity contribution >= 4 is 0 Å². The molecule has 0 spiro atoms. The number of rotatable bonds is 5. The van der Waals surface area contributed by atoms with Gasteiger partial charge in [0.2, 0.25) is 0 Å². The van der Waals surface area contributed by atoms with Gasteiger partial charge in [0.1, 0.15) is 0 Å². The first-order valence-electron chi connectivity index (χ1n) is 8.92. The first-order valence-corrected chi connectivity index (χ1v) is 8.92. The zero-order chi connectivity index (χ0) is 14.6. The third-order valence-corrected chi connectivity index (χ3v) is 5.37. The molecule has 118 valence electrons. The third kappa shape index (κ3) is 5.04. The normalized spacial score (nSPS) is 39.1. The van der Waals surface area contributed by atoms with Gasteiger partial charge in [0, 0.05) is 12.6 Å². The summed E-state index contributed by atoms with van der Waals surface area (Å²) in [6.45, 7) is 7.77. The van der Waals surface area contributed by atoms with Gasteiger partial charge in [0.15, 0.2) is 0 Å². The average molecular weight is 281 g/mol. The molecule has 0 radical (unpaired) electrons. The zero-order valence-corrected chi connectivity index (χ0v) is 13.8. The van der Waals surface area contributed by atoms with Gasteiger partial charge in [0.05, 0.1) is 5.60 Å². The van der Waals surface area contributed by atoms with Crippen LogP contribution in [-0.2, 0) is 0 Å². The largest absolute Gasteiger partial charge is 0.389 e. The van der Waals surface area contributed by atoms with E-state index in [0.717, 1.165) is 31.2 Å². The lowest BCUT2D eigenvalue weighted by Crippen LogP contribution is -2.48. The first kappa shape index (κ1) is 16.3. The molecule has 0 aliphatic heterocycles. The van der Waals surface area contributed by atoms with Gasteiger partial charge in [-0.15, -0.1) is 0 Å². The minimum Gasteiger partial charge on any atom is -0.389 e. The van der Waals surface area contributed by atoms with Crippen molar-refractivity contribution in [1.82, 2.24) is 5.32 Å². The fraction of sp³-hybridized carbons (Fsp3) is 1.00. The maximum absolute atomic E-state index is 10.7. The minimum absolute atomic E-state index is 0.428. The molecule has 4 atom stereocenters. The molecule has 2 fully saturated rings. The van der Waals surface area contributed by atoms with Gasteiger partial charge in [-0.3, -0.25) is 0 Å². The Morgan fingerprint density at radius 1 is 1.20 bits per heavy atom. The van der Waals surface area contributed by atoms with Gasteiger partial charge >= 0.3 is 0 Å². The van der Waals surface area contributed by atoms with E-state index in [1.165, 1.54) is 44.9 Å². The number of hydrogen-bond donors (Lipinski definition) is 2. The maximum Gasteiger partial charge on any atom is 0.0774 e. The highest BCUT2D eigenvalue weighted by Gasteiger charge is 2.33. The van der Waals surface area contributed by atoms with Crippen molar-refractivity contribution < 1.29 is 5.11 Å². The van der Waals surface area contributed by atoms with Gasteiger partial charge in [-0.05, 0) is 49.9 Å². The van der Waals surface area contributed by atoms with Crippen LogP contribution < -0.4 is 5.32 Å². The van der Waals surface area contributed by atoms with Crippen molar-refractivity contribution in [3.8, 4) is 0 Å². The third-order valence-electron chi connectivity index (χ3n) is 5.37. The predicted molar refractivity (Wildman–Crippen MR) is 85.8 cm³/mol. The van der Waals surface area contributed by atoms with Crippen LogP contribution in [0.15, 0.2) is 0 Å². The summed E-state index contributed by atoms with van der Waals surface area (Å²) in [7, 11) is 0. The molecule has 0 aromatic carbocycles. The first-order chi connectivity index (χ1) is 9.47. The Balaban J connectivity index is 1.75. The van der Waals surface area contributed by atoms with Crippen LogP contribution in [0, 0.1) is 17.8 Å². The zero-order valence-electron chi connectivity index (χ0n) is 13.8. The number of aliphatic hydroxyl groups is 1. The van der Waals surface area contributed by atoms with E-state index in [-0.39, 0.29) is 0 Å². The van der Waals surface area contributed by atoms with Crippen molar-refractivity contribution in [2.45, 2.75) is 90.2 Å². The molecule has 2 saturated carbocycles. The highest BCUT2D eigenvalue weighted by atomic mass is 16.3. The van der Waals surface area contributed by atoms with Gasteiger partial charge < -0.3 is 10.4 Å². The SMILES string of the molecule is CC(C)CC1CCCC(NCC2(O)CCCC(C)C2)C1. The van der Waals surface area contributed by atoms with Gasteiger partial charge in [-0.2, -0.15) is 0 Å². The molecule has 20 heavy (non-hydrogen) atoms. The number of hydrogen-bond acceptors (Lipinski definition) is 2. The lowest BCUT2D eigenvalue weighted by molar-refractivity contribution is -0.0152. The second-order valence-corrected chi connectivity index (χ2v) is 8.17. The Kier molecular flexibility index (Phi) is 5.92. The van der Waals surface area contributed by atoms with Crippen LogP contribution in [0.25, 0.3) is 0 Å². The second kappa shape index (κ2) is 7.26. The fourth-order valence-corrected chi connectivity index (χ4v) is 4.48. The highest BCUT2D eigenvalue weighted by Crippen LogP contribution is 2.33. The summed E-state index contributed by atoms with van der Waals surface area (Å²) in [5.41, 5.74) is -0.428. The molecule has 0 aromatic rings. The minimum atomic E-state index is -0.428. The Morgan fingerprint density at radius 2 is 2.00 bits per heavy atom. The maximum atomic E-state index is 10.7. The monoisotopic (exact) mass is 281 g/mol. The van der Waals surface area contributed by atoms with Crippen LogP contribution in [-0.4, -0.2) is 23.3 Å². The van der Waals surface area contributed by atoms with Crippen molar-refractivity contribution in [2.24, 2.45) is 17.8 Å².